The summed E-state index contributed by atoms with van der Waals surface area (Å²) in [5, 5.41) is 0. The number of ether oxygens (including phenoxy) is 2. The molecule has 2 aromatic carbocycles. The summed E-state index contributed by atoms with van der Waals surface area (Å²) in [4.78, 5) is 15.7. The van der Waals surface area contributed by atoms with Gasteiger partial charge in [0.1, 0.15) is 5.82 Å². The fourth-order valence-corrected chi connectivity index (χ4v) is 2.98. The Labute approximate surface area is 170 Å². The van der Waals surface area contributed by atoms with Crippen LogP contribution in [0.3, 0.4) is 0 Å². The molecule has 0 unspecified atom stereocenters. The van der Waals surface area contributed by atoms with Crippen LogP contribution in [0.4, 0.5) is 5.82 Å². The first-order valence-electron chi connectivity index (χ1n) is 9.77. The Bertz CT molecular complexity index is 868. The third-order valence-electron chi connectivity index (χ3n) is 4.60. The number of hydrogen-bond acceptors (Lipinski definition) is 5. The number of nitrogen functional groups attached to an aromatic ring is 1. The van der Waals surface area contributed by atoms with Gasteiger partial charge in [-0.15, -0.1) is 0 Å². The number of anilines is 1. The van der Waals surface area contributed by atoms with Crippen LogP contribution in [-0.4, -0.2) is 22.8 Å². The van der Waals surface area contributed by atoms with Crippen LogP contribution in [0.5, 0.6) is 0 Å². The van der Waals surface area contributed by atoms with Gasteiger partial charge < -0.3 is 15.2 Å². The highest BCUT2D eigenvalue weighted by Crippen LogP contribution is 2.11. The second-order valence-electron chi connectivity index (χ2n) is 6.98. The maximum Gasteiger partial charge on any atom is 0.349 e. The Morgan fingerprint density at radius 3 is 1.93 bits per heavy atom. The van der Waals surface area contributed by atoms with Crippen LogP contribution in [0.1, 0.15) is 17.5 Å². The largest absolute Gasteiger partial charge is 0.383 e. The molecule has 6 heteroatoms. The van der Waals surface area contributed by atoms with Crippen LogP contribution in [0.25, 0.3) is 0 Å². The van der Waals surface area contributed by atoms with Crippen LogP contribution in [0, 0.1) is 5.92 Å². The monoisotopic (exact) mass is 393 g/mol. The van der Waals surface area contributed by atoms with E-state index in [1.165, 1.54) is 0 Å². The Balaban J connectivity index is 1.53. The molecule has 0 aliphatic heterocycles. The van der Waals surface area contributed by atoms with Crippen molar-refractivity contribution in [2.75, 3.05) is 18.9 Å². The fraction of sp³-hybridized carbons (Fsp3) is 0.304. The van der Waals surface area contributed by atoms with E-state index in [4.69, 9.17) is 15.2 Å². The molecule has 29 heavy (non-hydrogen) atoms. The number of benzene rings is 2. The molecule has 0 aliphatic rings. The molecule has 1 aromatic heterocycles. The summed E-state index contributed by atoms with van der Waals surface area (Å²) in [7, 11) is 0. The van der Waals surface area contributed by atoms with E-state index in [0.29, 0.717) is 33.0 Å². The van der Waals surface area contributed by atoms with Gasteiger partial charge in [0.15, 0.2) is 0 Å². The Morgan fingerprint density at radius 1 is 0.862 bits per heavy atom. The van der Waals surface area contributed by atoms with Crippen molar-refractivity contribution in [3.8, 4) is 0 Å². The van der Waals surface area contributed by atoms with Gasteiger partial charge in [0.25, 0.3) is 0 Å². The molecule has 0 fully saturated rings. The minimum atomic E-state index is -0.334. The zero-order valence-electron chi connectivity index (χ0n) is 16.4. The van der Waals surface area contributed by atoms with Gasteiger partial charge in [0.2, 0.25) is 0 Å². The van der Waals surface area contributed by atoms with E-state index in [9.17, 15) is 4.79 Å². The molecule has 152 valence electrons. The quantitative estimate of drug-likeness (QED) is 0.541. The first-order valence-corrected chi connectivity index (χ1v) is 9.77. The summed E-state index contributed by atoms with van der Waals surface area (Å²) >= 11 is 0. The summed E-state index contributed by atoms with van der Waals surface area (Å²) in [6.07, 6.45) is 2.42. The van der Waals surface area contributed by atoms with Crippen molar-refractivity contribution in [3.63, 3.8) is 0 Å². The molecule has 0 atom stereocenters. The number of aromatic nitrogens is 2. The van der Waals surface area contributed by atoms with Gasteiger partial charge in [0, 0.05) is 18.7 Å². The molecular weight excluding hydrogens is 366 g/mol. The summed E-state index contributed by atoms with van der Waals surface area (Å²) in [5.74, 6) is 0.395. The average molecular weight is 393 g/mol. The predicted molar refractivity (Wildman–Crippen MR) is 113 cm³/mol. The molecule has 0 amide bonds. The average Bonchev–Trinajstić information content (AvgIpc) is 2.74. The summed E-state index contributed by atoms with van der Waals surface area (Å²) in [6.45, 7) is 2.76. The topological polar surface area (TPSA) is 79.4 Å². The predicted octanol–water partition coefficient (Wildman–Crippen LogP) is 3.27. The lowest BCUT2D eigenvalue weighted by atomic mass is 10.1. The first-order chi connectivity index (χ1) is 14.2. The highest BCUT2D eigenvalue weighted by atomic mass is 16.5. The van der Waals surface area contributed by atoms with E-state index in [0.717, 1.165) is 17.5 Å². The standard InChI is InChI=1S/C23H27N3O3/c24-22-12-14-26(23(27)25-22)13-11-21(17-28-15-19-7-3-1-4-8-19)18-29-16-20-9-5-2-6-10-20/h1-10,12,14,21H,11,13,15-18H2,(H2,24,25,27). The van der Waals surface area contributed by atoms with Gasteiger partial charge >= 0.3 is 5.69 Å². The Morgan fingerprint density at radius 2 is 1.41 bits per heavy atom. The van der Waals surface area contributed by atoms with Gasteiger partial charge in [-0.05, 0) is 23.6 Å². The normalized spacial score (nSPS) is 11.1. The minimum Gasteiger partial charge on any atom is -0.383 e. The fourth-order valence-electron chi connectivity index (χ4n) is 2.98. The van der Waals surface area contributed by atoms with Crippen molar-refractivity contribution in [1.29, 1.82) is 0 Å². The number of nitrogens with zero attached hydrogens (tertiary/aromatic N) is 2. The van der Waals surface area contributed by atoms with Gasteiger partial charge in [0.05, 0.1) is 26.4 Å². The molecular formula is C23H27N3O3. The molecule has 0 aliphatic carbocycles. The first kappa shape index (κ1) is 20.8. The summed E-state index contributed by atoms with van der Waals surface area (Å²) < 4.78 is 13.4. The van der Waals surface area contributed by atoms with Crippen molar-refractivity contribution >= 4 is 5.82 Å². The van der Waals surface area contributed by atoms with Crippen LogP contribution >= 0.6 is 0 Å². The van der Waals surface area contributed by atoms with Crippen molar-refractivity contribution in [2.45, 2.75) is 26.2 Å². The maximum absolute atomic E-state index is 12.0. The lowest BCUT2D eigenvalue weighted by molar-refractivity contribution is 0.0224. The van der Waals surface area contributed by atoms with Crippen molar-refractivity contribution in [2.24, 2.45) is 5.92 Å². The molecule has 3 aromatic rings. The van der Waals surface area contributed by atoms with E-state index < -0.39 is 0 Å². The number of rotatable bonds is 11. The van der Waals surface area contributed by atoms with Crippen LogP contribution in [0.15, 0.2) is 77.7 Å². The van der Waals surface area contributed by atoms with E-state index >= 15 is 0 Å². The van der Waals surface area contributed by atoms with Crippen molar-refractivity contribution in [1.82, 2.24) is 9.55 Å². The maximum atomic E-state index is 12.0. The minimum absolute atomic E-state index is 0.159. The molecule has 3 rings (SSSR count). The van der Waals surface area contributed by atoms with Crippen LogP contribution in [0.2, 0.25) is 0 Å². The summed E-state index contributed by atoms with van der Waals surface area (Å²) in [5.41, 5.74) is 7.50. The van der Waals surface area contributed by atoms with Gasteiger partial charge in [-0.3, -0.25) is 4.57 Å². The third-order valence-corrected chi connectivity index (χ3v) is 4.60. The molecule has 1 heterocycles. The van der Waals surface area contributed by atoms with Crippen molar-refractivity contribution in [3.05, 3.63) is 94.5 Å². The Kier molecular flexibility index (Phi) is 7.98. The zero-order valence-corrected chi connectivity index (χ0v) is 16.4. The zero-order chi connectivity index (χ0) is 20.3. The number of hydrogen-bond donors (Lipinski definition) is 1. The van der Waals surface area contributed by atoms with E-state index in [1.54, 1.807) is 16.8 Å². The molecule has 2 N–H and O–H groups in total. The second kappa shape index (κ2) is 11.1. The van der Waals surface area contributed by atoms with Crippen LogP contribution < -0.4 is 11.4 Å². The SMILES string of the molecule is Nc1ccn(CCC(COCc2ccccc2)COCc2ccccc2)c(=O)n1. The van der Waals surface area contributed by atoms with Gasteiger partial charge in [-0.25, -0.2) is 4.79 Å². The molecule has 0 saturated heterocycles. The molecule has 6 nitrogen and oxygen atoms in total. The van der Waals surface area contributed by atoms with Crippen molar-refractivity contribution < 1.29 is 9.47 Å². The molecule has 0 radical (unpaired) electrons. The molecule has 0 bridgehead atoms. The molecule has 0 spiro atoms. The van der Waals surface area contributed by atoms with E-state index in [-0.39, 0.29) is 17.4 Å². The van der Waals surface area contributed by atoms with Crippen LogP contribution in [-0.2, 0) is 29.2 Å². The van der Waals surface area contributed by atoms with E-state index in [2.05, 4.69) is 4.98 Å². The Hall–Kier alpha value is -2.96. The van der Waals surface area contributed by atoms with E-state index in [1.807, 2.05) is 60.7 Å². The number of aryl methyl sites for hydroxylation is 1. The lowest BCUT2D eigenvalue weighted by Gasteiger charge is -2.18. The smallest absolute Gasteiger partial charge is 0.349 e. The third kappa shape index (κ3) is 7.18. The lowest BCUT2D eigenvalue weighted by Crippen LogP contribution is -2.26. The second-order valence-corrected chi connectivity index (χ2v) is 6.98. The molecule has 0 saturated carbocycles. The summed E-state index contributed by atoms with van der Waals surface area (Å²) in [6, 6.07) is 21.8. The number of nitrogens with two attached hydrogens (primary N) is 1. The van der Waals surface area contributed by atoms with Gasteiger partial charge in [-0.2, -0.15) is 4.98 Å². The highest BCUT2D eigenvalue weighted by molar-refractivity contribution is 5.23. The van der Waals surface area contributed by atoms with Gasteiger partial charge in [-0.1, -0.05) is 60.7 Å². The highest BCUT2D eigenvalue weighted by Gasteiger charge is 2.11.